The molecule has 4 aromatic carbocycles. The van der Waals surface area contributed by atoms with Gasteiger partial charge in [-0.3, -0.25) is 19.3 Å². The molecule has 1 aromatic heterocycles. The number of nitrogens with one attached hydrogen (secondary N) is 3. The van der Waals surface area contributed by atoms with Gasteiger partial charge in [-0.15, -0.1) is 0 Å². The number of anilines is 2. The van der Waals surface area contributed by atoms with Crippen molar-refractivity contribution in [3.05, 3.63) is 131 Å². The van der Waals surface area contributed by atoms with Gasteiger partial charge in [0.15, 0.2) is 5.82 Å². The molecule has 3 heterocycles. The Morgan fingerprint density at radius 2 is 1.42 bits per heavy atom. The number of benzene rings is 4. The van der Waals surface area contributed by atoms with Crippen LogP contribution in [0.5, 0.6) is 0 Å². The van der Waals surface area contributed by atoms with E-state index in [9.17, 15) is 24.0 Å². The average molecular weight is 748 g/mol. The van der Waals surface area contributed by atoms with E-state index in [0.717, 1.165) is 62.0 Å². The molecule has 2 fully saturated rings. The minimum atomic E-state index is -0.372. The highest BCUT2D eigenvalue weighted by Crippen LogP contribution is 2.23. The Balaban J connectivity index is 0.000000191. The Hall–Kier alpha value is -6.54. The van der Waals surface area contributed by atoms with Crippen LogP contribution in [0.4, 0.5) is 16.2 Å². The predicted octanol–water partition coefficient (Wildman–Crippen LogP) is 5.61. The summed E-state index contributed by atoms with van der Waals surface area (Å²) in [6, 6.07) is 33.2. The Bertz CT molecular complexity index is 2010. The summed E-state index contributed by atoms with van der Waals surface area (Å²) in [5.41, 5.74) is 4.32. The molecule has 0 spiro atoms. The molecular formula is C41H45N7O7. The summed E-state index contributed by atoms with van der Waals surface area (Å²) in [6.45, 7) is 3.80. The summed E-state index contributed by atoms with van der Waals surface area (Å²) in [5.74, 6) is 0.438. The van der Waals surface area contributed by atoms with E-state index in [1.54, 1.807) is 41.3 Å². The van der Waals surface area contributed by atoms with Crippen LogP contribution < -0.4 is 16.3 Å². The van der Waals surface area contributed by atoms with Crippen LogP contribution in [0.1, 0.15) is 36.8 Å². The number of carbonyl (C=O) groups is 4. The highest BCUT2D eigenvalue weighted by atomic mass is 16.6. The molecule has 0 radical (unpaired) electrons. The number of hydrogen-bond acceptors (Lipinski definition) is 9. The molecule has 3 N–H and O–H groups in total. The van der Waals surface area contributed by atoms with Gasteiger partial charge in [-0.05, 0) is 98.9 Å². The van der Waals surface area contributed by atoms with Crippen molar-refractivity contribution in [1.82, 2.24) is 24.6 Å². The number of nitrogens with zero attached hydrogens (tertiary/aromatic N) is 4. The average Bonchev–Trinajstić information content (AvgIpc) is 4.01. The highest BCUT2D eigenvalue weighted by molar-refractivity contribution is 5.95. The molecule has 2 saturated heterocycles. The summed E-state index contributed by atoms with van der Waals surface area (Å²) in [4.78, 5) is 60.4. The summed E-state index contributed by atoms with van der Waals surface area (Å²) < 4.78 is 11.2. The molecule has 3 amide bonds. The summed E-state index contributed by atoms with van der Waals surface area (Å²) in [6.07, 6.45) is 4.49. The number of aromatic amines is 1. The smallest absolute Gasteiger partial charge is 0.410 e. The van der Waals surface area contributed by atoms with Crippen LogP contribution in [0.25, 0.3) is 17.1 Å². The van der Waals surface area contributed by atoms with Gasteiger partial charge in [0.25, 0.3) is 6.47 Å². The highest BCUT2D eigenvalue weighted by Gasteiger charge is 2.27. The molecule has 14 heteroatoms. The lowest BCUT2D eigenvalue weighted by Crippen LogP contribution is -2.37. The molecule has 7 rings (SSSR count). The van der Waals surface area contributed by atoms with Crippen molar-refractivity contribution in [2.45, 2.75) is 44.9 Å². The molecule has 0 saturated carbocycles. The zero-order chi connectivity index (χ0) is 38.8. The van der Waals surface area contributed by atoms with Crippen LogP contribution in [0.3, 0.4) is 0 Å². The van der Waals surface area contributed by atoms with Gasteiger partial charge in [-0.1, -0.05) is 60.7 Å². The first-order chi connectivity index (χ1) is 26.9. The van der Waals surface area contributed by atoms with Crippen LogP contribution in [-0.2, 0) is 37.1 Å². The fourth-order valence-electron chi connectivity index (χ4n) is 6.09. The van der Waals surface area contributed by atoms with Gasteiger partial charge in [0.2, 0.25) is 12.3 Å². The summed E-state index contributed by atoms with van der Waals surface area (Å²) in [5, 5.41) is 12.1. The zero-order valence-electron chi connectivity index (χ0n) is 30.6. The molecule has 286 valence electrons. The maximum atomic E-state index is 12.5. The number of H-pyrrole nitrogens is 1. The number of likely N-dealkylation sites (tertiary alicyclic amines) is 2. The fraction of sp³-hybridized carbons (Fsp3) is 0.268. The summed E-state index contributed by atoms with van der Waals surface area (Å²) in [7, 11) is 1.96. The van der Waals surface area contributed by atoms with Crippen LogP contribution in [0.2, 0.25) is 0 Å². The van der Waals surface area contributed by atoms with E-state index in [1.165, 1.54) is 4.57 Å². The standard InChI is InChI=1S/C21H22N6O3.C12H15NO2.C8H8O2/c1-26-12-2-3-18(26)20(29)23-16-6-4-14(5-7-16)19-24-25-21(30)27(19)17-10-8-15(9-11-17)22-13-28;14-12(13-8-4-5-9-13)15-10-11-6-2-1-3-7-11;9-7-10-6-8-4-2-1-3-5-8/h4-11,13,18H,2-3,12H2,1H3,(H,22,28)(H,23,29)(H,25,30);1-3,6-7H,4-5,8-10H2;1-5,7H,6H2/t18-;;/m0../s1. The number of amides is 3. The van der Waals surface area contributed by atoms with E-state index < -0.39 is 0 Å². The second kappa shape index (κ2) is 20.6. The second-order valence-corrected chi connectivity index (χ2v) is 12.8. The van der Waals surface area contributed by atoms with Crippen LogP contribution in [0.15, 0.2) is 114 Å². The minimum Gasteiger partial charge on any atom is -0.463 e. The maximum absolute atomic E-state index is 12.5. The lowest BCUT2D eigenvalue weighted by Gasteiger charge is -2.18. The molecule has 0 unspecified atom stereocenters. The molecule has 5 aromatic rings. The molecule has 1 atom stereocenters. The quantitative estimate of drug-likeness (QED) is 0.146. The lowest BCUT2D eigenvalue weighted by atomic mass is 10.1. The number of carbonyl (C=O) groups excluding carboxylic acids is 4. The number of ether oxygens (including phenoxy) is 2. The van der Waals surface area contributed by atoms with E-state index in [-0.39, 0.29) is 23.7 Å². The van der Waals surface area contributed by atoms with Gasteiger partial charge in [0.1, 0.15) is 13.2 Å². The van der Waals surface area contributed by atoms with Gasteiger partial charge < -0.3 is 25.0 Å². The van der Waals surface area contributed by atoms with Gasteiger partial charge in [0, 0.05) is 30.0 Å². The largest absolute Gasteiger partial charge is 0.463 e. The predicted molar refractivity (Wildman–Crippen MR) is 208 cm³/mol. The van der Waals surface area contributed by atoms with E-state index in [4.69, 9.17) is 4.74 Å². The Kier molecular flexibility index (Phi) is 14.9. The Morgan fingerprint density at radius 3 is 2.00 bits per heavy atom. The zero-order valence-corrected chi connectivity index (χ0v) is 30.6. The molecule has 0 bridgehead atoms. The van der Waals surface area contributed by atoms with Crippen molar-refractivity contribution >= 4 is 36.3 Å². The van der Waals surface area contributed by atoms with Gasteiger partial charge >= 0.3 is 11.8 Å². The van der Waals surface area contributed by atoms with E-state index >= 15 is 0 Å². The Labute approximate surface area is 319 Å². The second-order valence-electron chi connectivity index (χ2n) is 12.8. The number of likely N-dealkylation sites (N-methyl/N-ethyl adjacent to an activating group) is 1. The monoisotopic (exact) mass is 747 g/mol. The number of aromatic nitrogens is 3. The van der Waals surface area contributed by atoms with Crippen LogP contribution in [0, 0.1) is 0 Å². The first kappa shape index (κ1) is 39.7. The topological polar surface area (TPSA) is 168 Å². The Morgan fingerprint density at radius 1 is 0.800 bits per heavy atom. The normalized spacial score (nSPS) is 14.7. The number of rotatable bonds is 11. The third-order valence-electron chi connectivity index (χ3n) is 8.99. The molecule has 2 aliphatic rings. The third kappa shape index (κ3) is 11.7. The van der Waals surface area contributed by atoms with Gasteiger partial charge in [0.05, 0.1) is 11.7 Å². The van der Waals surface area contributed by atoms with Crippen molar-refractivity contribution in [2.24, 2.45) is 0 Å². The van der Waals surface area contributed by atoms with Crippen molar-refractivity contribution in [2.75, 3.05) is 37.3 Å². The molecule has 0 aliphatic carbocycles. The van der Waals surface area contributed by atoms with Crippen LogP contribution >= 0.6 is 0 Å². The molecule has 55 heavy (non-hydrogen) atoms. The third-order valence-corrected chi connectivity index (χ3v) is 8.99. The van der Waals surface area contributed by atoms with E-state index in [1.807, 2.05) is 79.8 Å². The van der Waals surface area contributed by atoms with Gasteiger partial charge in [-0.25, -0.2) is 19.3 Å². The SMILES string of the molecule is CN1CCC[C@H]1C(=O)Nc1ccc(-c2n[nH]c(=O)n2-c2ccc(NC=O)cc2)cc1.O=C(OCc1ccccc1)N1CCCC1.O=COCc1ccccc1. The first-order valence-electron chi connectivity index (χ1n) is 18.0. The van der Waals surface area contributed by atoms with E-state index in [0.29, 0.717) is 49.0 Å². The molecule has 2 aliphatic heterocycles. The van der Waals surface area contributed by atoms with Crippen molar-refractivity contribution in [3.8, 4) is 17.1 Å². The van der Waals surface area contributed by atoms with Crippen LogP contribution in [-0.4, -0.2) is 82.2 Å². The fourth-order valence-corrected chi connectivity index (χ4v) is 6.09. The maximum Gasteiger partial charge on any atom is 0.410 e. The number of hydrogen-bond donors (Lipinski definition) is 3. The van der Waals surface area contributed by atoms with Gasteiger partial charge in [-0.2, -0.15) is 5.10 Å². The van der Waals surface area contributed by atoms with E-state index in [2.05, 4.69) is 30.5 Å². The minimum absolute atomic E-state index is 0.0107. The molecule has 14 nitrogen and oxygen atoms in total. The summed E-state index contributed by atoms with van der Waals surface area (Å²) >= 11 is 0. The molecular weight excluding hydrogens is 702 g/mol. The first-order valence-corrected chi connectivity index (χ1v) is 18.0. The van der Waals surface area contributed by atoms with Crippen molar-refractivity contribution in [1.29, 1.82) is 0 Å². The lowest BCUT2D eigenvalue weighted by molar-refractivity contribution is -0.129. The van der Waals surface area contributed by atoms with Crippen molar-refractivity contribution < 1.29 is 28.7 Å². The van der Waals surface area contributed by atoms with Crippen molar-refractivity contribution in [3.63, 3.8) is 0 Å².